The summed E-state index contributed by atoms with van der Waals surface area (Å²) in [5, 5.41) is 0. The number of benzene rings is 1. The molecule has 0 N–H and O–H groups in total. The summed E-state index contributed by atoms with van der Waals surface area (Å²) in [5.41, 5.74) is -0.462. The molecule has 1 unspecified atom stereocenters. The number of alkyl halides is 3. The fourth-order valence-corrected chi connectivity index (χ4v) is 3.07. The van der Waals surface area contributed by atoms with Gasteiger partial charge in [0.1, 0.15) is 0 Å². The summed E-state index contributed by atoms with van der Waals surface area (Å²) in [6, 6.07) is 4.37. The van der Waals surface area contributed by atoms with E-state index >= 15 is 0 Å². The van der Waals surface area contributed by atoms with Crippen molar-refractivity contribution in [1.29, 1.82) is 0 Å². The van der Waals surface area contributed by atoms with Crippen LogP contribution in [0.1, 0.15) is 35.2 Å². The van der Waals surface area contributed by atoms with Gasteiger partial charge in [0.25, 0.3) is 5.91 Å². The van der Waals surface area contributed by atoms with Gasteiger partial charge in [-0.3, -0.25) is 4.79 Å². The Kier molecular flexibility index (Phi) is 5.10. The summed E-state index contributed by atoms with van der Waals surface area (Å²) in [5.74, 6) is -0.230. The lowest BCUT2D eigenvalue weighted by molar-refractivity contribution is -0.137. The van der Waals surface area contributed by atoms with Crippen molar-refractivity contribution in [2.24, 2.45) is 0 Å². The topological polar surface area (TPSA) is 38.8 Å². The van der Waals surface area contributed by atoms with Gasteiger partial charge in [-0.15, -0.1) is 0 Å². The molecule has 0 radical (unpaired) electrons. The summed E-state index contributed by atoms with van der Waals surface area (Å²) >= 11 is 0. The summed E-state index contributed by atoms with van der Waals surface area (Å²) in [6.07, 6.45) is -1.74. The Hall–Kier alpha value is -1.60. The van der Waals surface area contributed by atoms with E-state index in [1.54, 1.807) is 4.90 Å². The summed E-state index contributed by atoms with van der Waals surface area (Å²) in [6.45, 7) is 2.47. The van der Waals surface area contributed by atoms with Gasteiger partial charge >= 0.3 is 6.18 Å². The molecule has 2 heterocycles. The minimum atomic E-state index is -4.39. The molecule has 0 aromatic heterocycles. The van der Waals surface area contributed by atoms with Crippen molar-refractivity contribution in [1.82, 2.24) is 4.90 Å². The number of nitrogens with zero attached hydrogens (tertiary/aromatic N) is 1. The van der Waals surface area contributed by atoms with E-state index in [1.807, 2.05) is 0 Å². The van der Waals surface area contributed by atoms with Gasteiger partial charge in [-0.1, -0.05) is 0 Å². The average molecular weight is 343 g/mol. The Balaban J connectivity index is 1.53. The number of halogens is 3. The number of hydrogen-bond acceptors (Lipinski definition) is 3. The predicted molar refractivity (Wildman–Crippen MR) is 80.7 cm³/mol. The molecule has 0 bridgehead atoms. The highest BCUT2D eigenvalue weighted by molar-refractivity contribution is 5.94. The third-order valence-corrected chi connectivity index (χ3v) is 4.46. The lowest BCUT2D eigenvalue weighted by Crippen LogP contribution is -2.41. The maximum Gasteiger partial charge on any atom is 0.416 e. The molecule has 0 saturated carbocycles. The third kappa shape index (κ3) is 4.08. The Morgan fingerprint density at radius 3 is 2.29 bits per heavy atom. The van der Waals surface area contributed by atoms with Crippen LogP contribution in [0.3, 0.4) is 0 Å². The average Bonchev–Trinajstić information content (AvgIpc) is 3.07. The quantitative estimate of drug-likeness (QED) is 0.846. The monoisotopic (exact) mass is 343 g/mol. The van der Waals surface area contributed by atoms with E-state index in [0.29, 0.717) is 19.7 Å². The summed E-state index contributed by atoms with van der Waals surface area (Å²) in [4.78, 5) is 14.1. The second-order valence-electron chi connectivity index (χ2n) is 6.19. The van der Waals surface area contributed by atoms with Crippen molar-refractivity contribution in [3.05, 3.63) is 35.4 Å². The van der Waals surface area contributed by atoms with Gasteiger partial charge in [0.2, 0.25) is 0 Å². The highest BCUT2D eigenvalue weighted by Crippen LogP contribution is 2.29. The number of piperidine rings is 1. The number of amides is 1. The molecular weight excluding hydrogens is 323 g/mol. The molecule has 1 amide bonds. The molecule has 1 atom stereocenters. The molecule has 0 spiro atoms. The van der Waals surface area contributed by atoms with Gasteiger partial charge in [-0.2, -0.15) is 13.2 Å². The van der Waals surface area contributed by atoms with Crippen LogP contribution in [0.25, 0.3) is 0 Å². The van der Waals surface area contributed by atoms with Gasteiger partial charge in [0, 0.05) is 25.3 Å². The summed E-state index contributed by atoms with van der Waals surface area (Å²) < 4.78 is 48.9. The molecule has 2 saturated heterocycles. The first-order chi connectivity index (χ1) is 11.4. The van der Waals surface area contributed by atoms with Crippen LogP contribution in [0.4, 0.5) is 13.2 Å². The molecule has 2 aliphatic rings. The normalized spacial score (nSPS) is 22.8. The van der Waals surface area contributed by atoms with Gasteiger partial charge in [-0.25, -0.2) is 0 Å². The number of hydrogen-bond donors (Lipinski definition) is 0. The first-order valence-electron chi connectivity index (χ1n) is 8.13. The molecule has 1 aromatic carbocycles. The smallest absolute Gasteiger partial charge is 0.379 e. The van der Waals surface area contributed by atoms with E-state index in [4.69, 9.17) is 9.47 Å². The van der Waals surface area contributed by atoms with E-state index in [9.17, 15) is 18.0 Å². The van der Waals surface area contributed by atoms with E-state index in [0.717, 1.165) is 38.0 Å². The highest BCUT2D eigenvalue weighted by atomic mass is 19.4. The van der Waals surface area contributed by atoms with E-state index in [1.165, 1.54) is 12.1 Å². The number of ether oxygens (including phenoxy) is 2. The molecule has 2 aliphatic heterocycles. The second kappa shape index (κ2) is 7.11. The standard InChI is InChI=1S/C17H20F3NO3/c18-17(19,20)13-3-1-12(2-4-13)16(22)21-8-5-14(6-9-21)24-15-7-10-23-11-15/h1-4,14-15H,5-11H2. The SMILES string of the molecule is O=C(c1ccc(C(F)(F)F)cc1)N1CCC(OC2CCOC2)CC1. The first kappa shape index (κ1) is 17.2. The van der Waals surface area contributed by atoms with Crippen LogP contribution in [-0.2, 0) is 15.7 Å². The zero-order chi connectivity index (χ0) is 17.2. The van der Waals surface area contributed by atoms with E-state index in [-0.39, 0.29) is 23.7 Å². The molecule has 24 heavy (non-hydrogen) atoms. The Bertz CT molecular complexity index is 559. The van der Waals surface area contributed by atoms with Crippen molar-refractivity contribution < 1.29 is 27.4 Å². The van der Waals surface area contributed by atoms with Crippen LogP contribution in [-0.4, -0.2) is 49.3 Å². The molecule has 4 nitrogen and oxygen atoms in total. The minimum absolute atomic E-state index is 0.119. The van der Waals surface area contributed by atoms with Gasteiger partial charge in [0.15, 0.2) is 0 Å². The molecule has 3 rings (SSSR count). The van der Waals surface area contributed by atoms with Gasteiger partial charge in [0.05, 0.1) is 24.4 Å². The Labute approximate surface area is 138 Å². The number of carbonyl (C=O) groups excluding carboxylic acids is 1. The highest BCUT2D eigenvalue weighted by Gasteiger charge is 2.31. The lowest BCUT2D eigenvalue weighted by atomic mass is 10.0. The maximum atomic E-state index is 12.6. The third-order valence-electron chi connectivity index (χ3n) is 4.46. The fraction of sp³-hybridized carbons (Fsp3) is 0.588. The number of rotatable bonds is 3. The van der Waals surface area contributed by atoms with Crippen molar-refractivity contribution >= 4 is 5.91 Å². The van der Waals surface area contributed by atoms with Crippen molar-refractivity contribution in [2.45, 2.75) is 37.6 Å². The van der Waals surface area contributed by atoms with Crippen LogP contribution in [0, 0.1) is 0 Å². The zero-order valence-corrected chi connectivity index (χ0v) is 13.2. The van der Waals surface area contributed by atoms with Crippen LogP contribution >= 0.6 is 0 Å². The van der Waals surface area contributed by atoms with E-state index in [2.05, 4.69) is 0 Å². The van der Waals surface area contributed by atoms with Crippen LogP contribution < -0.4 is 0 Å². The van der Waals surface area contributed by atoms with Crippen LogP contribution in [0.5, 0.6) is 0 Å². The molecule has 7 heteroatoms. The van der Waals surface area contributed by atoms with Crippen molar-refractivity contribution in [3.63, 3.8) is 0 Å². The Morgan fingerprint density at radius 1 is 1.08 bits per heavy atom. The molecule has 1 aromatic rings. The Morgan fingerprint density at radius 2 is 1.75 bits per heavy atom. The molecule has 2 fully saturated rings. The fourth-order valence-electron chi connectivity index (χ4n) is 3.07. The van der Waals surface area contributed by atoms with Crippen LogP contribution in [0.2, 0.25) is 0 Å². The first-order valence-corrected chi connectivity index (χ1v) is 8.13. The second-order valence-corrected chi connectivity index (χ2v) is 6.19. The maximum absolute atomic E-state index is 12.6. The van der Waals surface area contributed by atoms with Crippen molar-refractivity contribution in [3.8, 4) is 0 Å². The van der Waals surface area contributed by atoms with E-state index < -0.39 is 11.7 Å². The molecule has 132 valence electrons. The molecular formula is C17H20F3NO3. The number of carbonyl (C=O) groups is 1. The minimum Gasteiger partial charge on any atom is -0.379 e. The van der Waals surface area contributed by atoms with Gasteiger partial charge in [-0.05, 0) is 43.5 Å². The van der Waals surface area contributed by atoms with Gasteiger partial charge < -0.3 is 14.4 Å². The predicted octanol–water partition coefficient (Wildman–Crippen LogP) is 3.12. The zero-order valence-electron chi connectivity index (χ0n) is 13.2. The van der Waals surface area contributed by atoms with Crippen LogP contribution in [0.15, 0.2) is 24.3 Å². The van der Waals surface area contributed by atoms with Crippen molar-refractivity contribution in [2.75, 3.05) is 26.3 Å². The largest absolute Gasteiger partial charge is 0.416 e. The summed E-state index contributed by atoms with van der Waals surface area (Å²) in [7, 11) is 0. The molecule has 0 aliphatic carbocycles. The number of likely N-dealkylation sites (tertiary alicyclic amines) is 1. The lowest BCUT2D eigenvalue weighted by Gasteiger charge is -2.33.